The number of hydrogen-bond acceptors (Lipinski definition) is 5. The zero-order valence-electron chi connectivity index (χ0n) is 15.5. The number of fused-ring (bicyclic) bond motifs is 1. The summed E-state index contributed by atoms with van der Waals surface area (Å²) >= 11 is 0. The number of para-hydroxylation sites is 1. The Balaban J connectivity index is 1.36. The lowest BCUT2D eigenvalue weighted by Gasteiger charge is -2.33. The number of aromatic amines is 1. The van der Waals surface area contributed by atoms with Gasteiger partial charge in [-0.25, -0.2) is 4.98 Å². The van der Waals surface area contributed by atoms with Crippen molar-refractivity contribution in [1.82, 2.24) is 25.1 Å². The number of pyridine rings is 2. The van der Waals surface area contributed by atoms with Gasteiger partial charge in [0.2, 0.25) is 0 Å². The number of nitrogens with one attached hydrogen (secondary N) is 1. The van der Waals surface area contributed by atoms with Gasteiger partial charge < -0.3 is 4.74 Å². The summed E-state index contributed by atoms with van der Waals surface area (Å²) in [5, 5.41) is 8.07. The van der Waals surface area contributed by atoms with E-state index in [1.807, 2.05) is 36.7 Å². The summed E-state index contributed by atoms with van der Waals surface area (Å²) in [5.41, 5.74) is 5.19. The maximum absolute atomic E-state index is 6.05. The third-order valence-corrected chi connectivity index (χ3v) is 5.18. The predicted molar refractivity (Wildman–Crippen MR) is 108 cm³/mol. The van der Waals surface area contributed by atoms with Gasteiger partial charge in [0, 0.05) is 43.0 Å². The first-order valence-corrected chi connectivity index (χ1v) is 9.49. The fourth-order valence-corrected chi connectivity index (χ4v) is 3.74. The molecule has 1 unspecified atom stereocenters. The van der Waals surface area contributed by atoms with Crippen LogP contribution in [0.3, 0.4) is 0 Å². The van der Waals surface area contributed by atoms with E-state index in [1.165, 1.54) is 10.9 Å². The van der Waals surface area contributed by atoms with Crippen LogP contribution in [0.25, 0.3) is 22.2 Å². The lowest BCUT2D eigenvalue weighted by atomic mass is 10.1. The second-order valence-electron chi connectivity index (χ2n) is 7.02. The summed E-state index contributed by atoms with van der Waals surface area (Å²) in [6.45, 7) is 3.31. The molecule has 6 nitrogen and oxygen atoms in total. The fourth-order valence-electron chi connectivity index (χ4n) is 3.74. The van der Waals surface area contributed by atoms with E-state index in [2.05, 4.69) is 44.3 Å². The highest BCUT2D eigenvalue weighted by Gasteiger charge is 2.24. The van der Waals surface area contributed by atoms with Crippen LogP contribution in [0.2, 0.25) is 0 Å². The minimum atomic E-state index is -0.0336. The second-order valence-corrected chi connectivity index (χ2v) is 7.02. The van der Waals surface area contributed by atoms with Crippen LogP contribution in [0.4, 0.5) is 0 Å². The molecule has 0 saturated carbocycles. The molecule has 0 spiro atoms. The molecule has 1 aromatic carbocycles. The summed E-state index contributed by atoms with van der Waals surface area (Å²) in [6.07, 6.45) is 5.50. The highest BCUT2D eigenvalue weighted by atomic mass is 16.5. The molecule has 1 aliphatic rings. The van der Waals surface area contributed by atoms with E-state index in [0.717, 1.165) is 42.1 Å². The second kappa shape index (κ2) is 7.50. The molecule has 140 valence electrons. The van der Waals surface area contributed by atoms with E-state index in [-0.39, 0.29) is 6.10 Å². The van der Waals surface area contributed by atoms with Crippen LogP contribution < -0.4 is 0 Å². The molecule has 1 saturated heterocycles. The summed E-state index contributed by atoms with van der Waals surface area (Å²) < 4.78 is 6.05. The van der Waals surface area contributed by atoms with Gasteiger partial charge in [0.25, 0.3) is 0 Å². The van der Waals surface area contributed by atoms with Crippen molar-refractivity contribution in [2.75, 3.05) is 19.7 Å². The van der Waals surface area contributed by atoms with Crippen LogP contribution in [-0.2, 0) is 11.3 Å². The molecule has 0 bridgehead atoms. The van der Waals surface area contributed by atoms with Gasteiger partial charge in [0.1, 0.15) is 6.10 Å². The third kappa shape index (κ3) is 3.40. The highest BCUT2D eigenvalue weighted by Crippen LogP contribution is 2.26. The first-order chi connectivity index (χ1) is 13.9. The van der Waals surface area contributed by atoms with Crippen LogP contribution in [0.15, 0.2) is 67.1 Å². The molecular weight excluding hydrogens is 350 g/mol. The standard InChI is InChI=1S/C22H21N5O/c1-2-5-20-18(4-1)16(8-9-23-20)14-27-10-11-28-22(15-27)21-7-3-6-19(26-21)17-12-24-25-13-17/h1-9,12-13,22H,10-11,14-15H2,(H,24,25). The monoisotopic (exact) mass is 371 g/mol. The van der Waals surface area contributed by atoms with Crippen molar-refractivity contribution in [3.63, 3.8) is 0 Å². The van der Waals surface area contributed by atoms with Crippen molar-refractivity contribution < 1.29 is 4.74 Å². The van der Waals surface area contributed by atoms with Gasteiger partial charge in [-0.15, -0.1) is 0 Å². The maximum atomic E-state index is 6.05. The van der Waals surface area contributed by atoms with Gasteiger partial charge in [0.15, 0.2) is 0 Å². The number of benzene rings is 1. The normalized spacial score (nSPS) is 17.8. The van der Waals surface area contributed by atoms with Gasteiger partial charge in [-0.2, -0.15) is 5.10 Å². The van der Waals surface area contributed by atoms with Crippen molar-refractivity contribution >= 4 is 10.9 Å². The van der Waals surface area contributed by atoms with Crippen molar-refractivity contribution in [1.29, 1.82) is 0 Å². The lowest BCUT2D eigenvalue weighted by molar-refractivity contribution is -0.0348. The molecule has 0 aliphatic carbocycles. The molecule has 28 heavy (non-hydrogen) atoms. The van der Waals surface area contributed by atoms with Crippen LogP contribution in [0, 0.1) is 0 Å². The molecule has 0 amide bonds. The predicted octanol–water partition coefficient (Wildman–Crippen LogP) is 3.59. The van der Waals surface area contributed by atoms with Crippen LogP contribution >= 0.6 is 0 Å². The van der Waals surface area contributed by atoms with Gasteiger partial charge in [0.05, 0.1) is 29.7 Å². The smallest absolute Gasteiger partial charge is 0.112 e. The van der Waals surface area contributed by atoms with Crippen LogP contribution in [0.1, 0.15) is 17.4 Å². The fraction of sp³-hybridized carbons (Fsp3) is 0.227. The Morgan fingerprint density at radius 3 is 3.00 bits per heavy atom. The Labute approximate surface area is 163 Å². The number of morpholine rings is 1. The molecular formula is C22H21N5O. The number of H-pyrrole nitrogens is 1. The largest absolute Gasteiger partial charge is 0.369 e. The molecule has 1 atom stereocenters. The Morgan fingerprint density at radius 2 is 2.07 bits per heavy atom. The van der Waals surface area contributed by atoms with E-state index >= 15 is 0 Å². The van der Waals surface area contributed by atoms with E-state index in [0.29, 0.717) is 6.61 Å². The topological polar surface area (TPSA) is 66.9 Å². The summed E-state index contributed by atoms with van der Waals surface area (Å²) in [7, 11) is 0. The van der Waals surface area contributed by atoms with E-state index < -0.39 is 0 Å². The maximum Gasteiger partial charge on any atom is 0.112 e. The van der Waals surface area contributed by atoms with E-state index in [9.17, 15) is 0 Å². The molecule has 3 aromatic heterocycles. The summed E-state index contributed by atoms with van der Waals surface area (Å²) in [5.74, 6) is 0. The zero-order chi connectivity index (χ0) is 18.8. The Hall–Kier alpha value is -3.09. The SMILES string of the molecule is c1cc(-c2cn[nH]c2)nc(C2CN(Cc3ccnc4ccccc34)CCO2)c1. The van der Waals surface area contributed by atoms with Crippen molar-refractivity contribution in [2.45, 2.75) is 12.6 Å². The highest BCUT2D eigenvalue weighted by molar-refractivity contribution is 5.81. The Kier molecular flexibility index (Phi) is 4.56. The number of nitrogens with zero attached hydrogens (tertiary/aromatic N) is 4. The molecule has 4 heterocycles. The number of ether oxygens (including phenoxy) is 1. The minimum Gasteiger partial charge on any atom is -0.369 e. The lowest BCUT2D eigenvalue weighted by Crippen LogP contribution is -2.38. The van der Waals surface area contributed by atoms with Gasteiger partial charge in [-0.3, -0.25) is 15.0 Å². The average molecular weight is 371 g/mol. The molecule has 0 radical (unpaired) electrons. The quantitative estimate of drug-likeness (QED) is 0.594. The van der Waals surface area contributed by atoms with E-state index in [4.69, 9.17) is 9.72 Å². The summed E-state index contributed by atoms with van der Waals surface area (Å²) in [6, 6.07) is 16.5. The zero-order valence-corrected chi connectivity index (χ0v) is 15.5. The van der Waals surface area contributed by atoms with Crippen molar-refractivity contribution in [3.8, 4) is 11.3 Å². The Morgan fingerprint density at radius 1 is 1.11 bits per heavy atom. The van der Waals surface area contributed by atoms with Crippen molar-refractivity contribution in [3.05, 3.63) is 78.4 Å². The number of aromatic nitrogens is 4. The molecule has 1 fully saturated rings. The number of hydrogen-bond donors (Lipinski definition) is 1. The van der Waals surface area contributed by atoms with E-state index in [1.54, 1.807) is 6.20 Å². The van der Waals surface area contributed by atoms with Crippen LogP contribution in [-0.4, -0.2) is 44.8 Å². The minimum absolute atomic E-state index is 0.0336. The molecule has 4 aromatic rings. The first-order valence-electron chi connectivity index (χ1n) is 9.49. The van der Waals surface area contributed by atoms with Gasteiger partial charge >= 0.3 is 0 Å². The summed E-state index contributed by atoms with van der Waals surface area (Å²) in [4.78, 5) is 11.7. The Bertz CT molecular complexity index is 1070. The third-order valence-electron chi connectivity index (χ3n) is 5.18. The van der Waals surface area contributed by atoms with Crippen LogP contribution in [0.5, 0.6) is 0 Å². The number of rotatable bonds is 4. The molecule has 1 aliphatic heterocycles. The molecule has 5 rings (SSSR count). The first kappa shape index (κ1) is 17.0. The average Bonchev–Trinajstić information content (AvgIpc) is 3.30. The molecule has 1 N–H and O–H groups in total. The van der Waals surface area contributed by atoms with Crippen molar-refractivity contribution in [2.24, 2.45) is 0 Å². The van der Waals surface area contributed by atoms with Gasteiger partial charge in [-0.1, -0.05) is 24.3 Å². The van der Waals surface area contributed by atoms with Gasteiger partial charge in [-0.05, 0) is 29.8 Å². The molecule has 6 heteroatoms.